The number of rotatable bonds is 3. The number of nitrogens with zero attached hydrogens (tertiary/aromatic N) is 1. The maximum absolute atomic E-state index is 4.62. The molecule has 0 aromatic rings. The molecule has 0 amide bonds. The smallest absolute Gasteiger partial charge is 0.191 e. The van der Waals surface area contributed by atoms with Crippen LogP contribution in [0, 0.1) is 5.41 Å². The first kappa shape index (κ1) is 14.0. The Hall–Kier alpha value is -0.380. The van der Waals surface area contributed by atoms with Crippen LogP contribution in [0.3, 0.4) is 0 Å². The van der Waals surface area contributed by atoms with Crippen LogP contribution in [-0.4, -0.2) is 36.6 Å². The van der Waals surface area contributed by atoms with E-state index < -0.39 is 0 Å². The monoisotopic (exact) mass is 269 g/mol. The van der Waals surface area contributed by atoms with E-state index in [9.17, 15) is 0 Å². The zero-order valence-corrected chi connectivity index (χ0v) is 12.8. The van der Waals surface area contributed by atoms with Gasteiger partial charge >= 0.3 is 0 Å². The SMILES string of the molecule is CSC1(CNC2=NCC(C)(C)CN2)CCCCC1. The molecule has 0 saturated heterocycles. The lowest BCUT2D eigenvalue weighted by molar-refractivity contribution is 0.353. The average molecular weight is 269 g/mol. The van der Waals surface area contributed by atoms with Crippen molar-refractivity contribution >= 4 is 17.7 Å². The standard InChI is InChI=1S/C14H27N3S/c1-13(2)9-15-12(16-10-13)17-11-14(18-3)7-5-4-6-8-14/h4-11H2,1-3H3,(H2,15,16,17). The molecule has 0 spiro atoms. The number of hydrogen-bond acceptors (Lipinski definition) is 4. The van der Waals surface area contributed by atoms with Crippen molar-refractivity contribution in [2.24, 2.45) is 10.4 Å². The van der Waals surface area contributed by atoms with E-state index in [1.165, 1.54) is 32.1 Å². The van der Waals surface area contributed by atoms with Gasteiger partial charge in [-0.05, 0) is 19.1 Å². The summed E-state index contributed by atoms with van der Waals surface area (Å²) in [7, 11) is 0. The van der Waals surface area contributed by atoms with Crippen molar-refractivity contribution in [3.63, 3.8) is 0 Å². The van der Waals surface area contributed by atoms with Crippen molar-refractivity contribution in [2.45, 2.75) is 50.7 Å². The molecule has 3 nitrogen and oxygen atoms in total. The third kappa shape index (κ3) is 3.56. The molecule has 1 aliphatic carbocycles. The summed E-state index contributed by atoms with van der Waals surface area (Å²) < 4.78 is 0.440. The molecule has 2 rings (SSSR count). The van der Waals surface area contributed by atoms with Crippen molar-refractivity contribution in [1.29, 1.82) is 0 Å². The molecular weight excluding hydrogens is 242 g/mol. The van der Waals surface area contributed by atoms with Crippen molar-refractivity contribution in [3.05, 3.63) is 0 Å². The van der Waals surface area contributed by atoms with Crippen LogP contribution in [0.1, 0.15) is 46.0 Å². The molecule has 0 radical (unpaired) electrons. The first-order valence-corrected chi connectivity index (χ1v) is 8.35. The molecule has 1 saturated carbocycles. The van der Waals surface area contributed by atoms with Gasteiger partial charge in [-0.3, -0.25) is 4.99 Å². The molecule has 2 aliphatic rings. The first-order chi connectivity index (χ1) is 8.55. The lowest BCUT2D eigenvalue weighted by atomic mass is 9.88. The fourth-order valence-electron chi connectivity index (χ4n) is 2.74. The third-order valence-corrected chi connectivity index (χ3v) is 5.59. The number of thioether (sulfide) groups is 1. The Balaban J connectivity index is 1.85. The van der Waals surface area contributed by atoms with E-state index in [2.05, 4.69) is 35.7 Å². The minimum absolute atomic E-state index is 0.299. The highest BCUT2D eigenvalue weighted by atomic mass is 32.2. The third-order valence-electron chi connectivity index (χ3n) is 4.18. The second-order valence-corrected chi connectivity index (χ2v) is 7.76. The first-order valence-electron chi connectivity index (χ1n) is 7.13. The quantitative estimate of drug-likeness (QED) is 0.827. The van der Waals surface area contributed by atoms with Crippen LogP contribution >= 0.6 is 11.8 Å². The molecule has 0 unspecified atom stereocenters. The lowest BCUT2D eigenvalue weighted by Crippen LogP contribution is -2.51. The summed E-state index contributed by atoms with van der Waals surface area (Å²) in [5.41, 5.74) is 0.299. The number of hydrogen-bond donors (Lipinski definition) is 2. The molecule has 0 aromatic heterocycles. The molecule has 1 heterocycles. The van der Waals surface area contributed by atoms with Gasteiger partial charge in [0.1, 0.15) is 0 Å². The van der Waals surface area contributed by atoms with Gasteiger partial charge in [-0.2, -0.15) is 11.8 Å². The van der Waals surface area contributed by atoms with Crippen LogP contribution in [0.15, 0.2) is 4.99 Å². The lowest BCUT2D eigenvalue weighted by Gasteiger charge is -2.37. The average Bonchev–Trinajstić information content (AvgIpc) is 2.39. The fraction of sp³-hybridized carbons (Fsp3) is 0.929. The Morgan fingerprint density at radius 1 is 1.28 bits per heavy atom. The van der Waals surface area contributed by atoms with Crippen LogP contribution < -0.4 is 10.6 Å². The summed E-state index contributed by atoms with van der Waals surface area (Å²) >= 11 is 2.04. The minimum atomic E-state index is 0.299. The second-order valence-electron chi connectivity index (χ2n) is 6.48. The summed E-state index contributed by atoms with van der Waals surface area (Å²) in [5.74, 6) is 1.01. The molecule has 1 aliphatic heterocycles. The Labute approximate surface area is 116 Å². The van der Waals surface area contributed by atoms with Gasteiger partial charge in [0, 0.05) is 29.8 Å². The summed E-state index contributed by atoms with van der Waals surface area (Å²) in [5, 5.41) is 6.96. The number of aliphatic imine (C=N–C) groups is 1. The van der Waals surface area contributed by atoms with Crippen molar-refractivity contribution in [1.82, 2.24) is 10.6 Å². The van der Waals surface area contributed by atoms with E-state index in [-0.39, 0.29) is 0 Å². The molecule has 1 fully saturated rings. The van der Waals surface area contributed by atoms with Gasteiger partial charge in [0.2, 0.25) is 0 Å². The summed E-state index contributed by atoms with van der Waals surface area (Å²) in [4.78, 5) is 4.62. The van der Waals surface area contributed by atoms with Crippen molar-refractivity contribution in [2.75, 3.05) is 25.9 Å². The van der Waals surface area contributed by atoms with Crippen molar-refractivity contribution < 1.29 is 0 Å². The van der Waals surface area contributed by atoms with Gasteiger partial charge in [0.05, 0.1) is 0 Å². The normalized spacial score (nSPS) is 26.1. The summed E-state index contributed by atoms with van der Waals surface area (Å²) in [6.07, 6.45) is 9.13. The van der Waals surface area contributed by atoms with E-state index in [4.69, 9.17) is 0 Å². The maximum Gasteiger partial charge on any atom is 0.191 e. The molecule has 104 valence electrons. The molecule has 0 atom stereocenters. The zero-order valence-electron chi connectivity index (χ0n) is 12.0. The largest absolute Gasteiger partial charge is 0.356 e. The van der Waals surface area contributed by atoms with Gasteiger partial charge in [0.25, 0.3) is 0 Å². The molecule has 18 heavy (non-hydrogen) atoms. The van der Waals surface area contributed by atoms with E-state index in [0.717, 1.165) is 25.6 Å². The van der Waals surface area contributed by atoms with Crippen LogP contribution in [-0.2, 0) is 0 Å². The minimum Gasteiger partial charge on any atom is -0.356 e. The Morgan fingerprint density at radius 3 is 2.56 bits per heavy atom. The Morgan fingerprint density at radius 2 is 2.00 bits per heavy atom. The predicted octanol–water partition coefficient (Wildman–Crippen LogP) is 2.63. The second kappa shape index (κ2) is 5.72. The van der Waals surface area contributed by atoms with E-state index in [1.807, 2.05) is 11.8 Å². The molecule has 0 bridgehead atoms. The van der Waals surface area contributed by atoms with Crippen LogP contribution in [0.4, 0.5) is 0 Å². The van der Waals surface area contributed by atoms with E-state index in [0.29, 0.717) is 10.2 Å². The highest BCUT2D eigenvalue weighted by Crippen LogP contribution is 2.37. The number of nitrogens with one attached hydrogen (secondary N) is 2. The summed E-state index contributed by atoms with van der Waals surface area (Å²) in [6, 6.07) is 0. The highest BCUT2D eigenvalue weighted by Gasteiger charge is 2.31. The molecule has 4 heteroatoms. The van der Waals surface area contributed by atoms with E-state index >= 15 is 0 Å². The zero-order chi connectivity index (χ0) is 13.1. The molecule has 2 N–H and O–H groups in total. The van der Waals surface area contributed by atoms with Gasteiger partial charge < -0.3 is 10.6 Å². The Bertz CT molecular complexity index is 306. The molecular formula is C14H27N3S. The van der Waals surface area contributed by atoms with Crippen LogP contribution in [0.2, 0.25) is 0 Å². The van der Waals surface area contributed by atoms with Gasteiger partial charge in [-0.1, -0.05) is 33.1 Å². The predicted molar refractivity (Wildman–Crippen MR) is 81.4 cm³/mol. The topological polar surface area (TPSA) is 36.4 Å². The van der Waals surface area contributed by atoms with E-state index in [1.54, 1.807) is 0 Å². The van der Waals surface area contributed by atoms with Crippen LogP contribution in [0.5, 0.6) is 0 Å². The fourth-order valence-corrected chi connectivity index (χ4v) is 3.65. The van der Waals surface area contributed by atoms with Crippen molar-refractivity contribution in [3.8, 4) is 0 Å². The number of guanidine groups is 1. The maximum atomic E-state index is 4.62. The molecule has 0 aromatic carbocycles. The van der Waals surface area contributed by atoms with Crippen LogP contribution in [0.25, 0.3) is 0 Å². The van der Waals surface area contributed by atoms with Gasteiger partial charge in [-0.15, -0.1) is 0 Å². The van der Waals surface area contributed by atoms with Gasteiger partial charge in [-0.25, -0.2) is 0 Å². The summed E-state index contributed by atoms with van der Waals surface area (Å²) in [6.45, 7) is 7.51. The van der Waals surface area contributed by atoms with Gasteiger partial charge in [0.15, 0.2) is 5.96 Å². The Kier molecular flexibility index (Phi) is 4.46. The highest BCUT2D eigenvalue weighted by molar-refractivity contribution is 8.00.